The van der Waals surface area contributed by atoms with Crippen LogP contribution in [0, 0.1) is 20.8 Å². The van der Waals surface area contributed by atoms with Crippen LogP contribution in [0.25, 0.3) is 10.2 Å². The Kier molecular flexibility index (Phi) is 5.72. The monoisotopic (exact) mass is 389 g/mol. The van der Waals surface area contributed by atoms with Crippen molar-refractivity contribution in [2.75, 3.05) is 37.6 Å². The van der Waals surface area contributed by atoms with Gasteiger partial charge in [-0.3, -0.25) is 9.69 Å². The average Bonchev–Trinajstić information content (AvgIpc) is 2.71. The summed E-state index contributed by atoms with van der Waals surface area (Å²) < 4.78 is 0. The second-order valence-electron chi connectivity index (χ2n) is 8.47. The molecule has 0 atom stereocenters. The van der Waals surface area contributed by atoms with Crippen LogP contribution in [0.4, 0.5) is 5.82 Å². The highest BCUT2D eigenvalue weighted by Gasteiger charge is 2.23. The van der Waals surface area contributed by atoms with Gasteiger partial charge in [0.25, 0.3) is 0 Å². The van der Waals surface area contributed by atoms with Crippen molar-refractivity contribution in [2.45, 2.75) is 53.5 Å². The number of hydrogen-bond donors (Lipinski definition) is 1. The first-order valence-corrected chi connectivity index (χ1v) is 10.5. The van der Waals surface area contributed by atoms with E-state index < -0.39 is 0 Å². The molecule has 1 amide bonds. The van der Waals surface area contributed by atoms with Gasteiger partial charge in [0.2, 0.25) is 5.91 Å². The Bertz CT molecular complexity index is 839. The van der Waals surface area contributed by atoms with E-state index in [0.29, 0.717) is 6.54 Å². The Morgan fingerprint density at radius 2 is 1.85 bits per heavy atom. The van der Waals surface area contributed by atoms with Crippen LogP contribution >= 0.6 is 11.3 Å². The molecule has 1 N–H and O–H groups in total. The zero-order valence-electron chi connectivity index (χ0n) is 17.3. The summed E-state index contributed by atoms with van der Waals surface area (Å²) in [4.78, 5) is 28.7. The average molecular weight is 390 g/mol. The summed E-state index contributed by atoms with van der Waals surface area (Å²) in [5.74, 6) is 1.98. The molecule has 1 saturated heterocycles. The lowest BCUT2D eigenvalue weighted by Crippen LogP contribution is -2.46. The minimum Gasteiger partial charge on any atom is -0.355 e. The maximum Gasteiger partial charge on any atom is 0.234 e. The molecule has 3 heterocycles. The van der Waals surface area contributed by atoms with Crippen molar-refractivity contribution in [1.29, 1.82) is 0 Å². The molecule has 1 fully saturated rings. The summed E-state index contributed by atoms with van der Waals surface area (Å²) in [5.41, 5.74) is 1.10. The van der Waals surface area contributed by atoms with E-state index in [-0.39, 0.29) is 11.4 Å². The zero-order chi connectivity index (χ0) is 19.8. The minimum atomic E-state index is -0.187. The third-order valence-electron chi connectivity index (χ3n) is 4.89. The van der Waals surface area contributed by atoms with Crippen molar-refractivity contribution < 1.29 is 4.79 Å². The topological polar surface area (TPSA) is 61.4 Å². The summed E-state index contributed by atoms with van der Waals surface area (Å²) >= 11 is 1.75. The molecule has 0 aromatic carbocycles. The largest absolute Gasteiger partial charge is 0.355 e. The van der Waals surface area contributed by atoms with Crippen molar-refractivity contribution >= 4 is 33.3 Å². The molecule has 148 valence electrons. The molecule has 0 bridgehead atoms. The van der Waals surface area contributed by atoms with Crippen molar-refractivity contribution in [3.8, 4) is 0 Å². The molecular weight excluding hydrogens is 358 g/mol. The van der Waals surface area contributed by atoms with E-state index in [2.05, 4.69) is 33.9 Å². The number of nitrogens with zero attached hydrogens (tertiary/aromatic N) is 4. The number of hydrogen-bond acceptors (Lipinski definition) is 6. The Balaban J connectivity index is 1.75. The molecule has 0 spiro atoms. The van der Waals surface area contributed by atoms with E-state index in [4.69, 9.17) is 4.98 Å². The van der Waals surface area contributed by atoms with Crippen molar-refractivity contribution in [3.05, 3.63) is 16.3 Å². The molecule has 0 aliphatic carbocycles. The van der Waals surface area contributed by atoms with E-state index in [1.807, 2.05) is 27.7 Å². The third kappa shape index (κ3) is 4.76. The standard InChI is InChI=1S/C20H31N5OS/c1-13-14(2)27-19-17(13)18(21-15(3)22-19)25-9-7-8-24(10-11-25)12-16(26)23-20(4,5)6/h7-12H2,1-6H3,(H,23,26). The quantitative estimate of drug-likeness (QED) is 0.874. The lowest BCUT2D eigenvalue weighted by molar-refractivity contribution is -0.123. The van der Waals surface area contributed by atoms with Gasteiger partial charge in [0.15, 0.2) is 0 Å². The summed E-state index contributed by atoms with van der Waals surface area (Å²) in [6.45, 7) is 16.4. The predicted octanol–water partition coefficient (Wildman–Crippen LogP) is 3.04. The molecule has 3 rings (SSSR count). The highest BCUT2D eigenvalue weighted by molar-refractivity contribution is 7.18. The highest BCUT2D eigenvalue weighted by Crippen LogP contribution is 2.35. The number of thiophene rings is 1. The molecule has 1 aliphatic rings. The van der Waals surface area contributed by atoms with Gasteiger partial charge in [0.1, 0.15) is 16.5 Å². The number of aryl methyl sites for hydroxylation is 3. The number of fused-ring (bicyclic) bond motifs is 1. The van der Waals surface area contributed by atoms with Crippen LogP contribution in [0.2, 0.25) is 0 Å². The molecule has 0 unspecified atom stereocenters. The van der Waals surface area contributed by atoms with Crippen LogP contribution in [0.3, 0.4) is 0 Å². The van der Waals surface area contributed by atoms with Gasteiger partial charge in [-0.05, 0) is 53.5 Å². The maximum atomic E-state index is 12.3. The number of amides is 1. The fourth-order valence-corrected chi connectivity index (χ4v) is 4.63. The molecule has 7 heteroatoms. The first-order chi connectivity index (χ1) is 12.6. The first kappa shape index (κ1) is 20.0. The number of carbonyl (C=O) groups is 1. The van der Waals surface area contributed by atoms with Crippen molar-refractivity contribution in [1.82, 2.24) is 20.2 Å². The smallest absolute Gasteiger partial charge is 0.234 e. The van der Waals surface area contributed by atoms with Crippen LogP contribution < -0.4 is 10.2 Å². The Morgan fingerprint density at radius 3 is 2.56 bits per heavy atom. The molecule has 6 nitrogen and oxygen atoms in total. The Morgan fingerprint density at radius 1 is 1.11 bits per heavy atom. The summed E-state index contributed by atoms with van der Waals surface area (Å²) in [6, 6.07) is 0. The number of anilines is 1. The number of aromatic nitrogens is 2. The number of nitrogens with one attached hydrogen (secondary N) is 1. The fraction of sp³-hybridized carbons (Fsp3) is 0.650. The van der Waals surface area contributed by atoms with Crippen LogP contribution in [0.15, 0.2) is 0 Å². The first-order valence-electron chi connectivity index (χ1n) is 9.67. The second-order valence-corrected chi connectivity index (χ2v) is 9.68. The van der Waals surface area contributed by atoms with Gasteiger partial charge < -0.3 is 10.2 Å². The second kappa shape index (κ2) is 7.72. The highest BCUT2D eigenvalue weighted by atomic mass is 32.1. The van der Waals surface area contributed by atoms with Gasteiger partial charge in [0.05, 0.1) is 11.9 Å². The van der Waals surface area contributed by atoms with Gasteiger partial charge >= 0.3 is 0 Å². The van der Waals surface area contributed by atoms with Crippen LogP contribution in [0.1, 0.15) is 43.5 Å². The normalized spacial score (nSPS) is 16.6. The zero-order valence-corrected chi connectivity index (χ0v) is 18.2. The molecule has 0 saturated carbocycles. The van der Waals surface area contributed by atoms with Gasteiger partial charge in [-0.2, -0.15) is 0 Å². The van der Waals surface area contributed by atoms with Crippen LogP contribution in [-0.2, 0) is 4.79 Å². The van der Waals surface area contributed by atoms with Gasteiger partial charge in [-0.1, -0.05) is 0 Å². The van der Waals surface area contributed by atoms with Gasteiger partial charge in [-0.15, -0.1) is 11.3 Å². The minimum absolute atomic E-state index is 0.0977. The Hall–Kier alpha value is -1.73. The van der Waals surface area contributed by atoms with E-state index in [9.17, 15) is 4.79 Å². The SMILES string of the molecule is Cc1nc(N2CCCN(CC(=O)NC(C)(C)C)CC2)c2c(C)c(C)sc2n1. The molecule has 2 aromatic rings. The molecular formula is C20H31N5OS. The lowest BCUT2D eigenvalue weighted by atomic mass is 10.1. The summed E-state index contributed by atoms with van der Waals surface area (Å²) in [6.07, 6.45) is 1.02. The van der Waals surface area contributed by atoms with Crippen LogP contribution in [-0.4, -0.2) is 59.0 Å². The molecule has 27 heavy (non-hydrogen) atoms. The number of carbonyl (C=O) groups excluding carboxylic acids is 1. The Labute approximate surface area is 166 Å². The lowest BCUT2D eigenvalue weighted by Gasteiger charge is -2.25. The summed E-state index contributed by atoms with van der Waals surface area (Å²) in [5, 5.41) is 4.25. The molecule has 1 aliphatic heterocycles. The predicted molar refractivity (Wildman–Crippen MR) is 113 cm³/mol. The van der Waals surface area contributed by atoms with Crippen molar-refractivity contribution in [2.24, 2.45) is 0 Å². The summed E-state index contributed by atoms with van der Waals surface area (Å²) in [7, 11) is 0. The van der Waals surface area contributed by atoms with E-state index in [0.717, 1.165) is 49.1 Å². The van der Waals surface area contributed by atoms with E-state index in [1.165, 1.54) is 15.8 Å². The van der Waals surface area contributed by atoms with E-state index in [1.54, 1.807) is 11.3 Å². The fourth-order valence-electron chi connectivity index (χ4n) is 3.56. The van der Waals surface area contributed by atoms with Crippen molar-refractivity contribution in [3.63, 3.8) is 0 Å². The molecule has 0 radical (unpaired) electrons. The number of rotatable bonds is 3. The van der Waals surface area contributed by atoms with E-state index >= 15 is 0 Å². The molecule has 2 aromatic heterocycles. The maximum absolute atomic E-state index is 12.3. The van der Waals surface area contributed by atoms with Gasteiger partial charge in [0, 0.05) is 36.6 Å². The van der Waals surface area contributed by atoms with Crippen LogP contribution in [0.5, 0.6) is 0 Å². The van der Waals surface area contributed by atoms with Gasteiger partial charge in [-0.25, -0.2) is 9.97 Å². The third-order valence-corrected chi connectivity index (χ3v) is 5.99.